The van der Waals surface area contributed by atoms with Crippen LogP contribution >= 0.6 is 0 Å². The number of methoxy groups -OCH3 is 1. The number of aromatic nitrogens is 2. The predicted molar refractivity (Wildman–Crippen MR) is 254 cm³/mol. The Morgan fingerprint density at radius 1 is 1.05 bits per heavy atom. The van der Waals surface area contributed by atoms with Gasteiger partial charge in [0.25, 0.3) is 5.91 Å². The molecule has 0 bridgehead atoms. The molecule has 1 aromatic carbocycles. The Morgan fingerprint density at radius 3 is 2.53 bits per heavy atom. The van der Waals surface area contributed by atoms with Gasteiger partial charge >= 0.3 is 5.97 Å². The first-order chi connectivity index (χ1) is 31.5. The van der Waals surface area contributed by atoms with E-state index >= 15 is 0 Å². The summed E-state index contributed by atoms with van der Waals surface area (Å²) in [7, 11) is 3.28. The summed E-state index contributed by atoms with van der Waals surface area (Å²) in [4.78, 5) is 77.3. The Morgan fingerprint density at radius 2 is 1.82 bits per heavy atom. The van der Waals surface area contributed by atoms with Gasteiger partial charge in [-0.05, 0) is 101 Å². The maximum Gasteiger partial charge on any atom is 0.324 e. The van der Waals surface area contributed by atoms with Gasteiger partial charge in [0.15, 0.2) is 0 Å². The minimum Gasteiger partial charge on any atom is -0.464 e. The molecule has 0 radical (unpaired) electrons. The van der Waals surface area contributed by atoms with Crippen molar-refractivity contribution in [3.8, 4) is 11.3 Å². The molecule has 5 atom stereocenters. The van der Waals surface area contributed by atoms with Crippen molar-refractivity contribution in [2.75, 3.05) is 71.6 Å². The molecular formula is C50H72N8O8. The van der Waals surface area contributed by atoms with Crippen molar-refractivity contribution in [1.82, 2.24) is 35.1 Å². The molecule has 5 heterocycles. The van der Waals surface area contributed by atoms with Gasteiger partial charge in [0.1, 0.15) is 18.1 Å². The van der Waals surface area contributed by atoms with E-state index in [0.29, 0.717) is 45.4 Å². The minimum absolute atomic E-state index is 0.131. The maximum absolute atomic E-state index is 13.9. The van der Waals surface area contributed by atoms with Gasteiger partial charge in [-0.3, -0.25) is 34.0 Å². The molecule has 4 amide bonds. The maximum atomic E-state index is 13.9. The van der Waals surface area contributed by atoms with Crippen molar-refractivity contribution in [3.05, 3.63) is 60.4 Å². The lowest BCUT2D eigenvalue weighted by Gasteiger charge is -2.36. The minimum atomic E-state index is -0.949. The number of amides is 4. The first kappa shape index (κ1) is 50.1. The van der Waals surface area contributed by atoms with E-state index in [0.717, 1.165) is 71.8 Å². The van der Waals surface area contributed by atoms with Crippen LogP contribution in [-0.2, 0) is 51.1 Å². The van der Waals surface area contributed by atoms with Gasteiger partial charge in [-0.15, -0.1) is 0 Å². The second-order valence-electron chi connectivity index (χ2n) is 19.1. The SMILES string of the molecule is C=CC(=O)N1CC[C@H](C(=O)N(C)[C@H](C(=O)N[C@@H](C)C(=O)N2CCC[C@@H](C(=O)OCC(C)(C)Cc3c(-c4cccnc4[C@H](C)OC)n(CC)c4ccc(N5CCCOCC5)cc34)N2)C(C)C)C1. The Kier molecular flexibility index (Phi) is 16.7. The molecule has 3 saturated heterocycles. The molecule has 3 fully saturated rings. The van der Waals surface area contributed by atoms with E-state index in [1.54, 1.807) is 32.2 Å². The number of nitrogens with zero attached hydrogens (tertiary/aromatic N) is 6. The van der Waals surface area contributed by atoms with Crippen LogP contribution < -0.4 is 15.6 Å². The number of aryl methyl sites for hydroxylation is 1. The fourth-order valence-electron chi connectivity index (χ4n) is 9.73. The summed E-state index contributed by atoms with van der Waals surface area (Å²) >= 11 is 0. The molecule has 3 aliphatic heterocycles. The Balaban J connectivity index is 1.14. The number of hydrogen-bond acceptors (Lipinski definition) is 11. The number of carbonyl (C=O) groups excluding carboxylic acids is 5. The molecule has 66 heavy (non-hydrogen) atoms. The third-order valence-electron chi connectivity index (χ3n) is 13.3. The number of rotatable bonds is 17. The van der Waals surface area contributed by atoms with E-state index in [1.165, 1.54) is 16.0 Å². The van der Waals surface area contributed by atoms with Gasteiger partial charge in [0, 0.05) is 93.8 Å². The standard InChI is InChI=1S/C50H72N8O8/c1-11-42(59)56-24-20-35(30-56)48(62)54(9)44(32(3)4)46(60)52-33(5)47(61)58-23-14-17-40(53-58)49(63)66-31-50(7,8)29-39-38-28-36(55-22-15-26-65-27-25-55)18-19-41(38)57(12-2)45(39)37-16-13-21-51-43(37)34(6)64-10/h11,13,16,18-19,21,28,32-35,40,44,53H,1,12,14-15,17,20,22-27,29-31H2,2-10H3,(H,52,60)/t33-,34-,35-,40-,44-/m0/s1. The van der Waals surface area contributed by atoms with Crippen LogP contribution in [0.3, 0.4) is 0 Å². The lowest BCUT2D eigenvalue weighted by atomic mass is 9.84. The molecule has 360 valence electrons. The molecule has 0 unspecified atom stereocenters. The summed E-state index contributed by atoms with van der Waals surface area (Å²) < 4.78 is 20.1. The zero-order valence-corrected chi connectivity index (χ0v) is 40.6. The number of esters is 1. The van der Waals surface area contributed by atoms with Gasteiger partial charge in [0.05, 0.1) is 36.6 Å². The first-order valence-corrected chi connectivity index (χ1v) is 23.7. The summed E-state index contributed by atoms with van der Waals surface area (Å²) in [5.41, 5.74) is 8.90. The molecule has 2 N–H and O–H groups in total. The summed E-state index contributed by atoms with van der Waals surface area (Å²) in [5.74, 6) is -2.47. The number of benzene rings is 1. The zero-order chi connectivity index (χ0) is 47.9. The van der Waals surface area contributed by atoms with Crippen molar-refractivity contribution in [3.63, 3.8) is 0 Å². The Labute approximate surface area is 390 Å². The zero-order valence-electron chi connectivity index (χ0n) is 40.6. The van der Waals surface area contributed by atoms with Crippen LogP contribution in [0, 0.1) is 17.3 Å². The fourth-order valence-corrected chi connectivity index (χ4v) is 9.73. The molecule has 0 aliphatic carbocycles. The van der Waals surface area contributed by atoms with E-state index in [4.69, 9.17) is 19.2 Å². The monoisotopic (exact) mass is 913 g/mol. The van der Waals surface area contributed by atoms with Crippen LogP contribution in [0.1, 0.15) is 91.5 Å². The smallest absolute Gasteiger partial charge is 0.324 e. The largest absolute Gasteiger partial charge is 0.464 e. The van der Waals surface area contributed by atoms with Crippen LogP contribution in [0.25, 0.3) is 22.2 Å². The lowest BCUT2D eigenvalue weighted by Crippen LogP contribution is -2.61. The number of carbonyl (C=O) groups is 5. The van der Waals surface area contributed by atoms with Crippen LogP contribution in [0.2, 0.25) is 0 Å². The van der Waals surface area contributed by atoms with Crippen molar-refractivity contribution in [2.45, 2.75) is 111 Å². The third-order valence-corrected chi connectivity index (χ3v) is 13.3. The second kappa shape index (κ2) is 22.0. The van der Waals surface area contributed by atoms with E-state index in [1.807, 2.05) is 26.8 Å². The number of ether oxygens (including phenoxy) is 3. The second-order valence-corrected chi connectivity index (χ2v) is 19.1. The summed E-state index contributed by atoms with van der Waals surface area (Å²) in [6.07, 6.45) is 5.87. The van der Waals surface area contributed by atoms with Crippen LogP contribution in [-0.4, -0.2) is 139 Å². The summed E-state index contributed by atoms with van der Waals surface area (Å²) in [5, 5.41) is 5.35. The van der Waals surface area contributed by atoms with Crippen LogP contribution in [0.15, 0.2) is 49.2 Å². The van der Waals surface area contributed by atoms with Gasteiger partial charge in [-0.25, -0.2) is 5.43 Å². The lowest BCUT2D eigenvalue weighted by molar-refractivity contribution is -0.155. The number of hydrogen-bond donors (Lipinski definition) is 2. The number of likely N-dealkylation sites (tertiary alicyclic amines) is 1. The molecule has 0 spiro atoms. The van der Waals surface area contributed by atoms with Gasteiger partial charge in [-0.2, -0.15) is 0 Å². The van der Waals surface area contributed by atoms with Crippen LogP contribution in [0.4, 0.5) is 5.69 Å². The van der Waals surface area contributed by atoms with E-state index in [9.17, 15) is 24.0 Å². The molecule has 3 aromatic rings. The average molecular weight is 913 g/mol. The molecule has 2 aromatic heterocycles. The first-order valence-electron chi connectivity index (χ1n) is 23.7. The van der Waals surface area contributed by atoms with Crippen molar-refractivity contribution in [1.29, 1.82) is 0 Å². The molecule has 16 heteroatoms. The quantitative estimate of drug-likeness (QED) is 0.134. The number of anilines is 1. The summed E-state index contributed by atoms with van der Waals surface area (Å²) in [6, 6.07) is 8.23. The van der Waals surface area contributed by atoms with Crippen LogP contribution in [0.5, 0.6) is 0 Å². The van der Waals surface area contributed by atoms with Gasteiger partial charge < -0.3 is 38.8 Å². The number of likely N-dealkylation sites (N-methyl/N-ethyl adjacent to an activating group) is 1. The highest BCUT2D eigenvalue weighted by molar-refractivity contribution is 5.95. The highest BCUT2D eigenvalue weighted by Crippen LogP contribution is 2.42. The molecule has 6 rings (SSSR count). The van der Waals surface area contributed by atoms with E-state index < -0.39 is 47.2 Å². The molecular weight excluding hydrogens is 841 g/mol. The summed E-state index contributed by atoms with van der Waals surface area (Å²) in [6.45, 7) is 22.3. The topological polar surface area (TPSA) is 168 Å². The Bertz CT molecular complexity index is 2230. The molecule has 3 aliphatic rings. The van der Waals surface area contributed by atoms with Gasteiger partial charge in [-0.1, -0.05) is 34.3 Å². The highest BCUT2D eigenvalue weighted by Gasteiger charge is 2.39. The molecule has 0 saturated carbocycles. The van der Waals surface area contributed by atoms with Gasteiger partial charge in [0.2, 0.25) is 17.7 Å². The van der Waals surface area contributed by atoms with Crippen molar-refractivity contribution in [2.24, 2.45) is 17.3 Å². The third kappa shape index (κ3) is 11.3. The fraction of sp³-hybridized carbons (Fsp3) is 0.600. The highest BCUT2D eigenvalue weighted by atomic mass is 16.5. The van der Waals surface area contributed by atoms with Crippen molar-refractivity contribution < 1.29 is 38.2 Å². The Hall–Kier alpha value is -5.32. The number of hydrazine groups is 1. The average Bonchev–Trinajstić information content (AvgIpc) is 3.81. The van der Waals surface area contributed by atoms with Crippen molar-refractivity contribution >= 4 is 46.2 Å². The number of nitrogens with one attached hydrogen (secondary N) is 2. The number of fused-ring (bicyclic) bond motifs is 1. The number of pyridine rings is 1. The van der Waals surface area contributed by atoms with E-state index in [-0.39, 0.29) is 37.0 Å². The normalized spacial score (nSPS) is 19.6. The predicted octanol–water partition coefficient (Wildman–Crippen LogP) is 5.29. The molecule has 16 nitrogen and oxygen atoms in total. The van der Waals surface area contributed by atoms with E-state index in [2.05, 4.69) is 71.8 Å².